The van der Waals surface area contributed by atoms with Gasteiger partial charge in [-0.2, -0.15) is 0 Å². The van der Waals surface area contributed by atoms with E-state index in [2.05, 4.69) is 32.5 Å². The predicted molar refractivity (Wildman–Crippen MR) is 79.2 cm³/mol. The van der Waals surface area contributed by atoms with Gasteiger partial charge >= 0.3 is 6.03 Å². The van der Waals surface area contributed by atoms with Crippen LogP contribution in [0, 0.1) is 0 Å². The first-order valence-corrected chi connectivity index (χ1v) is 7.49. The molecule has 2 rings (SSSR count). The average molecular weight is 296 g/mol. The Kier molecular flexibility index (Phi) is 5.94. The molecule has 1 saturated heterocycles. The zero-order chi connectivity index (χ0) is 15.1. The smallest absolute Gasteiger partial charge is 0.321 e. The number of hydrogen-bond acceptors (Lipinski definition) is 5. The Morgan fingerprint density at radius 2 is 2.19 bits per heavy atom. The van der Waals surface area contributed by atoms with Crippen molar-refractivity contribution >= 4 is 12.0 Å². The molecule has 118 valence electrons. The van der Waals surface area contributed by atoms with E-state index >= 15 is 0 Å². The molecule has 1 unspecified atom stereocenters. The predicted octanol–water partition coefficient (Wildman–Crippen LogP) is 0.530. The van der Waals surface area contributed by atoms with Gasteiger partial charge in [0.15, 0.2) is 0 Å². The monoisotopic (exact) mass is 296 g/mol. The molecule has 21 heavy (non-hydrogen) atoms. The van der Waals surface area contributed by atoms with E-state index in [1.165, 1.54) is 0 Å². The molecule has 0 spiro atoms. The normalized spacial score (nSPS) is 17.4. The molecule has 1 atom stereocenters. The Labute approximate surface area is 124 Å². The van der Waals surface area contributed by atoms with Gasteiger partial charge in [-0.25, -0.2) is 9.78 Å². The number of hydrogen-bond donors (Lipinski definition) is 2. The number of nitrogens with one attached hydrogen (secondary N) is 2. The summed E-state index contributed by atoms with van der Waals surface area (Å²) in [6.07, 6.45) is 2.58. The molecule has 0 aliphatic carbocycles. The highest BCUT2D eigenvalue weighted by Gasteiger charge is 2.20. The molecule has 2 heterocycles. The molecule has 0 radical (unpaired) electrons. The summed E-state index contributed by atoms with van der Waals surface area (Å²) in [4.78, 5) is 18.2. The van der Waals surface area contributed by atoms with Crippen molar-refractivity contribution in [1.29, 1.82) is 0 Å². The molecular weight excluding hydrogens is 272 g/mol. The summed E-state index contributed by atoms with van der Waals surface area (Å²) in [7, 11) is 0. The number of aryl methyl sites for hydroxylation is 1. The van der Waals surface area contributed by atoms with Gasteiger partial charge in [0, 0.05) is 32.2 Å². The summed E-state index contributed by atoms with van der Waals surface area (Å²) < 4.78 is 7.02. The summed E-state index contributed by atoms with van der Waals surface area (Å²) in [5.41, 5.74) is 0. The van der Waals surface area contributed by atoms with Crippen LogP contribution in [0.4, 0.5) is 10.7 Å². The highest BCUT2D eigenvalue weighted by atomic mass is 16.5. The van der Waals surface area contributed by atoms with Crippen molar-refractivity contribution in [2.24, 2.45) is 0 Å². The van der Waals surface area contributed by atoms with Crippen LogP contribution in [0.1, 0.15) is 20.3 Å². The molecule has 0 bridgehead atoms. The van der Waals surface area contributed by atoms with Gasteiger partial charge in [0.1, 0.15) is 6.33 Å². The fourth-order valence-corrected chi connectivity index (χ4v) is 2.33. The second-order valence-corrected chi connectivity index (χ2v) is 4.97. The number of nitrogens with zero attached hydrogens (tertiary/aromatic N) is 4. The summed E-state index contributed by atoms with van der Waals surface area (Å²) in [6.45, 7) is 8.80. The van der Waals surface area contributed by atoms with Crippen molar-refractivity contribution in [2.75, 3.05) is 38.2 Å². The van der Waals surface area contributed by atoms with Crippen LogP contribution < -0.4 is 10.6 Å². The first kappa shape index (κ1) is 15.7. The SMILES string of the molecule is CCC(CNC(=O)Nc1ncn(CC)n1)N1CCOCC1. The Morgan fingerprint density at radius 3 is 2.81 bits per heavy atom. The maximum absolute atomic E-state index is 11.9. The van der Waals surface area contributed by atoms with E-state index in [9.17, 15) is 4.79 Å². The second kappa shape index (κ2) is 7.94. The number of carbonyl (C=O) groups excluding carboxylic acids is 1. The molecule has 8 nitrogen and oxygen atoms in total. The number of urea groups is 1. The fraction of sp³-hybridized carbons (Fsp3) is 0.769. The van der Waals surface area contributed by atoms with E-state index in [4.69, 9.17) is 4.74 Å². The van der Waals surface area contributed by atoms with Gasteiger partial charge < -0.3 is 10.1 Å². The van der Waals surface area contributed by atoms with Crippen molar-refractivity contribution in [3.8, 4) is 0 Å². The number of anilines is 1. The quantitative estimate of drug-likeness (QED) is 0.800. The average Bonchev–Trinajstić information content (AvgIpc) is 2.96. The van der Waals surface area contributed by atoms with Crippen LogP contribution in [0.5, 0.6) is 0 Å². The Balaban J connectivity index is 1.76. The van der Waals surface area contributed by atoms with Crippen LogP contribution in [0.3, 0.4) is 0 Å². The van der Waals surface area contributed by atoms with Crippen LogP contribution in [0.25, 0.3) is 0 Å². The number of carbonyl (C=O) groups is 1. The van der Waals surface area contributed by atoms with Crippen LogP contribution >= 0.6 is 0 Å². The third kappa shape index (κ3) is 4.68. The summed E-state index contributed by atoms with van der Waals surface area (Å²) in [5.74, 6) is 0.328. The van der Waals surface area contributed by atoms with Crippen LogP contribution in [-0.4, -0.2) is 64.6 Å². The number of ether oxygens (including phenoxy) is 1. The lowest BCUT2D eigenvalue weighted by Gasteiger charge is -2.33. The van der Waals surface area contributed by atoms with Gasteiger partial charge in [-0.15, -0.1) is 5.10 Å². The molecular formula is C13H24N6O2. The molecule has 1 aromatic heterocycles. The van der Waals surface area contributed by atoms with Crippen molar-refractivity contribution < 1.29 is 9.53 Å². The molecule has 8 heteroatoms. The largest absolute Gasteiger partial charge is 0.379 e. The summed E-state index contributed by atoms with van der Waals surface area (Å²) >= 11 is 0. The van der Waals surface area contributed by atoms with Crippen LogP contribution in [-0.2, 0) is 11.3 Å². The van der Waals surface area contributed by atoms with E-state index in [1.807, 2.05) is 6.92 Å². The molecule has 0 saturated carbocycles. The lowest BCUT2D eigenvalue weighted by Crippen LogP contribution is -2.49. The molecule has 1 aliphatic rings. The van der Waals surface area contributed by atoms with Gasteiger partial charge in [0.05, 0.1) is 13.2 Å². The first-order chi connectivity index (χ1) is 10.2. The van der Waals surface area contributed by atoms with Crippen molar-refractivity contribution in [1.82, 2.24) is 25.0 Å². The van der Waals surface area contributed by atoms with Gasteiger partial charge in [-0.3, -0.25) is 14.9 Å². The van der Waals surface area contributed by atoms with E-state index in [-0.39, 0.29) is 6.03 Å². The highest BCUT2D eigenvalue weighted by Crippen LogP contribution is 2.06. The van der Waals surface area contributed by atoms with E-state index in [0.717, 1.165) is 39.3 Å². The molecule has 2 N–H and O–H groups in total. The van der Waals surface area contributed by atoms with Gasteiger partial charge in [-0.05, 0) is 13.3 Å². The number of morpholine rings is 1. The zero-order valence-corrected chi connectivity index (χ0v) is 12.7. The molecule has 1 aliphatic heterocycles. The number of rotatable bonds is 6. The molecule has 2 amide bonds. The lowest BCUT2D eigenvalue weighted by atomic mass is 10.2. The van der Waals surface area contributed by atoms with Crippen molar-refractivity contribution in [2.45, 2.75) is 32.9 Å². The third-order valence-electron chi connectivity index (χ3n) is 3.62. The first-order valence-electron chi connectivity index (χ1n) is 7.49. The maximum Gasteiger partial charge on any atom is 0.321 e. The van der Waals surface area contributed by atoms with Crippen LogP contribution in [0.15, 0.2) is 6.33 Å². The minimum absolute atomic E-state index is 0.268. The highest BCUT2D eigenvalue weighted by molar-refractivity contribution is 5.87. The minimum atomic E-state index is -0.268. The summed E-state index contributed by atoms with van der Waals surface area (Å²) in [6, 6.07) is 0.0661. The van der Waals surface area contributed by atoms with Gasteiger partial charge in [-0.1, -0.05) is 6.92 Å². The molecule has 0 aromatic carbocycles. The maximum atomic E-state index is 11.9. The number of aromatic nitrogens is 3. The third-order valence-corrected chi connectivity index (χ3v) is 3.62. The lowest BCUT2D eigenvalue weighted by molar-refractivity contribution is 0.0165. The van der Waals surface area contributed by atoms with Crippen molar-refractivity contribution in [3.63, 3.8) is 0 Å². The standard InChI is InChI=1S/C13H24N6O2/c1-3-11(18-5-7-21-8-6-18)9-14-13(20)16-12-15-10-19(4-2)17-12/h10-11H,3-9H2,1-2H3,(H2,14,16,17,20). The second-order valence-electron chi connectivity index (χ2n) is 4.97. The van der Waals surface area contributed by atoms with Gasteiger partial charge in [0.2, 0.25) is 5.95 Å². The minimum Gasteiger partial charge on any atom is -0.379 e. The van der Waals surface area contributed by atoms with Crippen molar-refractivity contribution in [3.05, 3.63) is 6.33 Å². The zero-order valence-electron chi connectivity index (χ0n) is 12.7. The summed E-state index contributed by atoms with van der Waals surface area (Å²) in [5, 5.41) is 9.64. The fourth-order valence-electron chi connectivity index (χ4n) is 2.33. The number of amides is 2. The molecule has 1 fully saturated rings. The molecule has 1 aromatic rings. The Hall–Kier alpha value is -1.67. The topological polar surface area (TPSA) is 84.3 Å². The van der Waals surface area contributed by atoms with Crippen LogP contribution in [0.2, 0.25) is 0 Å². The van der Waals surface area contributed by atoms with E-state index in [0.29, 0.717) is 18.5 Å². The Bertz CT molecular complexity index is 444. The Morgan fingerprint density at radius 1 is 1.43 bits per heavy atom. The van der Waals surface area contributed by atoms with Gasteiger partial charge in [0.25, 0.3) is 0 Å². The van der Waals surface area contributed by atoms with E-state index in [1.54, 1.807) is 11.0 Å². The van der Waals surface area contributed by atoms with E-state index < -0.39 is 0 Å².